The Labute approximate surface area is 101 Å². The third kappa shape index (κ3) is 3.77. The zero-order chi connectivity index (χ0) is 12.0. The molecule has 0 radical (unpaired) electrons. The maximum Gasteiger partial charge on any atom is 0.128 e. The van der Waals surface area contributed by atoms with Gasteiger partial charge < -0.3 is 0 Å². The van der Waals surface area contributed by atoms with E-state index in [1.807, 2.05) is 13.0 Å². The number of thioether (sulfide) groups is 1. The highest BCUT2D eigenvalue weighted by Gasteiger charge is 2.14. The number of benzene rings is 1. The largest absolute Gasteiger partial charge is 0.271 e. The van der Waals surface area contributed by atoms with Gasteiger partial charge in [0.15, 0.2) is 0 Å². The van der Waals surface area contributed by atoms with Crippen LogP contribution in [-0.2, 0) is 0 Å². The van der Waals surface area contributed by atoms with Crippen LogP contribution in [0, 0.1) is 12.7 Å². The molecular weight excluding hydrogens is 223 g/mol. The summed E-state index contributed by atoms with van der Waals surface area (Å²) in [6.07, 6.45) is 1.12. The molecule has 0 spiro atoms. The zero-order valence-corrected chi connectivity index (χ0v) is 10.6. The van der Waals surface area contributed by atoms with Gasteiger partial charge in [-0.15, -0.1) is 0 Å². The molecule has 2 nitrogen and oxygen atoms in total. The molecule has 1 aromatic rings. The summed E-state index contributed by atoms with van der Waals surface area (Å²) < 4.78 is 13.6. The molecule has 0 aliphatic rings. The molecule has 0 saturated carbocycles. The Morgan fingerprint density at radius 2 is 2.25 bits per heavy atom. The van der Waals surface area contributed by atoms with E-state index in [4.69, 9.17) is 5.84 Å². The van der Waals surface area contributed by atoms with Gasteiger partial charge in [-0.25, -0.2) is 4.39 Å². The molecule has 16 heavy (non-hydrogen) atoms. The first-order valence-electron chi connectivity index (χ1n) is 5.49. The number of rotatable bonds is 6. The summed E-state index contributed by atoms with van der Waals surface area (Å²) in [5.41, 5.74) is 4.40. The van der Waals surface area contributed by atoms with Crippen molar-refractivity contribution in [3.63, 3.8) is 0 Å². The van der Waals surface area contributed by atoms with Crippen LogP contribution < -0.4 is 11.3 Å². The lowest BCUT2D eigenvalue weighted by Crippen LogP contribution is -2.30. The first-order chi connectivity index (χ1) is 7.69. The molecule has 0 saturated heterocycles. The monoisotopic (exact) mass is 242 g/mol. The smallest absolute Gasteiger partial charge is 0.128 e. The molecule has 3 N–H and O–H groups in total. The highest BCUT2D eigenvalue weighted by Crippen LogP contribution is 2.22. The summed E-state index contributed by atoms with van der Waals surface area (Å²) >= 11 is 1.79. The molecule has 0 aliphatic carbocycles. The number of halogens is 1. The highest BCUT2D eigenvalue weighted by atomic mass is 32.2. The molecule has 0 aliphatic heterocycles. The van der Waals surface area contributed by atoms with Crippen LogP contribution in [0.2, 0.25) is 0 Å². The minimum absolute atomic E-state index is 0.114. The van der Waals surface area contributed by atoms with Crippen LogP contribution in [0.3, 0.4) is 0 Å². The quantitative estimate of drug-likeness (QED) is 0.457. The van der Waals surface area contributed by atoms with Crippen molar-refractivity contribution in [1.29, 1.82) is 0 Å². The lowest BCUT2D eigenvalue weighted by molar-refractivity contribution is 0.546. The van der Waals surface area contributed by atoms with E-state index >= 15 is 0 Å². The van der Waals surface area contributed by atoms with E-state index in [1.165, 1.54) is 6.07 Å². The number of hydrogen-bond acceptors (Lipinski definition) is 3. The fraction of sp³-hybridized carbons (Fsp3) is 0.500. The van der Waals surface area contributed by atoms with Gasteiger partial charge in [-0.3, -0.25) is 11.3 Å². The predicted molar refractivity (Wildman–Crippen MR) is 68.8 cm³/mol. The molecule has 0 amide bonds. The molecule has 1 rings (SSSR count). The number of hydrazine groups is 1. The Bertz CT molecular complexity index is 331. The fourth-order valence-electron chi connectivity index (χ4n) is 1.50. The van der Waals surface area contributed by atoms with Gasteiger partial charge >= 0.3 is 0 Å². The van der Waals surface area contributed by atoms with E-state index in [-0.39, 0.29) is 11.9 Å². The maximum atomic E-state index is 13.6. The van der Waals surface area contributed by atoms with Crippen molar-refractivity contribution in [1.82, 2.24) is 5.43 Å². The van der Waals surface area contributed by atoms with Gasteiger partial charge in [-0.05, 0) is 25.2 Å². The molecule has 90 valence electrons. The Balaban J connectivity index is 2.73. The van der Waals surface area contributed by atoms with E-state index in [1.54, 1.807) is 17.8 Å². The minimum Gasteiger partial charge on any atom is -0.271 e. The molecule has 0 bridgehead atoms. The van der Waals surface area contributed by atoms with Crippen molar-refractivity contribution in [3.8, 4) is 0 Å². The molecule has 4 heteroatoms. The summed E-state index contributed by atoms with van der Waals surface area (Å²) in [7, 11) is 0. The molecule has 1 atom stereocenters. The van der Waals surface area contributed by atoms with Crippen LogP contribution in [0.15, 0.2) is 18.2 Å². The SMILES string of the molecule is CCCSCC(NN)c1cc(C)ccc1F. The summed E-state index contributed by atoms with van der Waals surface area (Å²) in [6.45, 7) is 4.08. The Hall–Kier alpha value is -0.580. The molecule has 1 unspecified atom stereocenters. The molecule has 0 fully saturated rings. The Morgan fingerprint density at radius 1 is 1.50 bits per heavy atom. The third-order valence-electron chi connectivity index (χ3n) is 2.36. The average Bonchev–Trinajstić information content (AvgIpc) is 2.28. The Kier molecular flexibility index (Phi) is 5.80. The second-order valence-electron chi connectivity index (χ2n) is 3.82. The number of nitrogens with one attached hydrogen (secondary N) is 1. The molecule has 1 aromatic carbocycles. The second-order valence-corrected chi connectivity index (χ2v) is 4.97. The average molecular weight is 242 g/mol. The van der Waals surface area contributed by atoms with Crippen LogP contribution >= 0.6 is 11.8 Å². The van der Waals surface area contributed by atoms with E-state index in [2.05, 4.69) is 12.3 Å². The first kappa shape index (κ1) is 13.5. The lowest BCUT2D eigenvalue weighted by Gasteiger charge is -2.17. The summed E-state index contributed by atoms with van der Waals surface area (Å²) in [4.78, 5) is 0. The van der Waals surface area contributed by atoms with Crippen LogP contribution in [0.1, 0.15) is 30.5 Å². The van der Waals surface area contributed by atoms with E-state index in [9.17, 15) is 4.39 Å². The van der Waals surface area contributed by atoms with Crippen LogP contribution in [-0.4, -0.2) is 11.5 Å². The van der Waals surface area contributed by atoms with Gasteiger partial charge in [0.05, 0.1) is 6.04 Å². The van der Waals surface area contributed by atoms with Gasteiger partial charge in [0.25, 0.3) is 0 Å². The topological polar surface area (TPSA) is 38.0 Å². The van der Waals surface area contributed by atoms with Crippen molar-refractivity contribution in [2.75, 3.05) is 11.5 Å². The van der Waals surface area contributed by atoms with Crippen molar-refractivity contribution in [3.05, 3.63) is 35.1 Å². The summed E-state index contributed by atoms with van der Waals surface area (Å²) in [6, 6.07) is 5.01. The molecule has 0 aromatic heterocycles. The Morgan fingerprint density at radius 3 is 2.88 bits per heavy atom. The van der Waals surface area contributed by atoms with Crippen molar-refractivity contribution >= 4 is 11.8 Å². The normalized spacial score (nSPS) is 12.8. The lowest BCUT2D eigenvalue weighted by atomic mass is 10.1. The van der Waals surface area contributed by atoms with E-state index in [0.717, 1.165) is 23.5 Å². The summed E-state index contributed by atoms with van der Waals surface area (Å²) in [5, 5.41) is 0. The van der Waals surface area contributed by atoms with Crippen LogP contribution in [0.25, 0.3) is 0 Å². The third-order valence-corrected chi connectivity index (χ3v) is 3.63. The molecular formula is C12H19FN2S. The number of nitrogens with two attached hydrogens (primary N) is 1. The van der Waals surface area contributed by atoms with Gasteiger partial charge in [-0.2, -0.15) is 11.8 Å². The van der Waals surface area contributed by atoms with Crippen LogP contribution in [0.5, 0.6) is 0 Å². The van der Waals surface area contributed by atoms with Crippen LogP contribution in [0.4, 0.5) is 4.39 Å². The van der Waals surface area contributed by atoms with Crippen molar-refractivity contribution < 1.29 is 4.39 Å². The van der Waals surface area contributed by atoms with Crippen molar-refractivity contribution in [2.45, 2.75) is 26.3 Å². The number of aryl methyl sites for hydroxylation is 1. The van der Waals surface area contributed by atoms with Gasteiger partial charge in [-0.1, -0.05) is 24.6 Å². The van der Waals surface area contributed by atoms with Gasteiger partial charge in [0.2, 0.25) is 0 Å². The second kappa shape index (κ2) is 6.89. The van der Waals surface area contributed by atoms with E-state index in [0.29, 0.717) is 5.56 Å². The zero-order valence-electron chi connectivity index (χ0n) is 9.79. The van der Waals surface area contributed by atoms with Gasteiger partial charge in [0, 0.05) is 11.3 Å². The highest BCUT2D eigenvalue weighted by molar-refractivity contribution is 7.99. The standard InChI is InChI=1S/C12H19FN2S/c1-3-6-16-8-12(15-14)10-7-9(2)4-5-11(10)13/h4-5,7,12,15H,3,6,8,14H2,1-2H3. The van der Waals surface area contributed by atoms with E-state index < -0.39 is 0 Å². The fourth-order valence-corrected chi connectivity index (χ4v) is 2.47. The summed E-state index contributed by atoms with van der Waals surface area (Å²) in [5.74, 6) is 7.16. The van der Waals surface area contributed by atoms with Crippen molar-refractivity contribution in [2.24, 2.45) is 5.84 Å². The minimum atomic E-state index is -0.189. The van der Waals surface area contributed by atoms with Gasteiger partial charge in [0.1, 0.15) is 5.82 Å². The predicted octanol–water partition coefficient (Wildman–Crippen LogP) is 2.78. The molecule has 0 heterocycles. The maximum absolute atomic E-state index is 13.6. The number of hydrogen-bond donors (Lipinski definition) is 2. The first-order valence-corrected chi connectivity index (χ1v) is 6.64.